The van der Waals surface area contributed by atoms with Gasteiger partial charge < -0.3 is 15.5 Å². The van der Waals surface area contributed by atoms with E-state index < -0.39 is 0 Å². The first-order valence-electron chi connectivity index (χ1n) is 7.03. The van der Waals surface area contributed by atoms with Crippen molar-refractivity contribution in [2.75, 3.05) is 13.7 Å². The van der Waals surface area contributed by atoms with Crippen LogP contribution in [-0.2, 0) is 6.42 Å². The van der Waals surface area contributed by atoms with Crippen molar-refractivity contribution in [3.05, 3.63) is 54.0 Å². The molecule has 22 heavy (non-hydrogen) atoms. The van der Waals surface area contributed by atoms with Crippen LogP contribution < -0.4 is 10.5 Å². The maximum atomic E-state index is 13.4. The molecule has 3 N–H and O–H groups in total. The quantitative estimate of drug-likeness (QED) is 0.749. The molecule has 0 bridgehead atoms. The molecule has 1 aromatic heterocycles. The molecule has 0 aliphatic rings. The van der Waals surface area contributed by atoms with Gasteiger partial charge in [0.15, 0.2) is 0 Å². The number of methoxy groups -OCH3 is 1. The number of H-pyrrole nitrogens is 1. The van der Waals surface area contributed by atoms with Crippen LogP contribution in [0.25, 0.3) is 10.9 Å². The van der Waals surface area contributed by atoms with E-state index in [0.29, 0.717) is 13.0 Å². The summed E-state index contributed by atoms with van der Waals surface area (Å²) in [7, 11) is 1.66. The van der Waals surface area contributed by atoms with Gasteiger partial charge in [-0.05, 0) is 48.9 Å². The maximum absolute atomic E-state index is 13.4. The summed E-state index contributed by atoms with van der Waals surface area (Å²) in [6, 6.07) is 10.7. The molecular weight excluding hydrogens is 299 g/mol. The van der Waals surface area contributed by atoms with Crippen LogP contribution in [0.15, 0.2) is 52.4 Å². The molecule has 0 saturated heterocycles. The summed E-state index contributed by atoms with van der Waals surface area (Å²) in [6.07, 6.45) is 2.60. The lowest BCUT2D eigenvalue weighted by Crippen LogP contribution is -2.04. The van der Waals surface area contributed by atoms with Crippen LogP contribution in [0, 0.1) is 5.82 Å². The van der Waals surface area contributed by atoms with Crippen molar-refractivity contribution in [3.63, 3.8) is 0 Å². The number of halogens is 1. The third kappa shape index (κ3) is 2.82. The van der Waals surface area contributed by atoms with Crippen molar-refractivity contribution >= 4 is 22.7 Å². The first-order valence-corrected chi connectivity index (χ1v) is 7.85. The minimum atomic E-state index is -0.232. The second-order valence-corrected chi connectivity index (χ2v) is 6.01. The molecule has 3 aromatic rings. The van der Waals surface area contributed by atoms with Crippen molar-refractivity contribution in [3.8, 4) is 5.75 Å². The Morgan fingerprint density at radius 1 is 1.23 bits per heavy atom. The highest BCUT2D eigenvalue weighted by atomic mass is 32.2. The van der Waals surface area contributed by atoms with Gasteiger partial charge in [-0.1, -0.05) is 17.8 Å². The highest BCUT2D eigenvalue weighted by Crippen LogP contribution is 2.39. The summed E-state index contributed by atoms with van der Waals surface area (Å²) >= 11 is 1.60. The average Bonchev–Trinajstić information content (AvgIpc) is 2.93. The molecule has 0 fully saturated rings. The first-order chi connectivity index (χ1) is 10.7. The van der Waals surface area contributed by atoms with Crippen molar-refractivity contribution in [2.24, 2.45) is 5.73 Å². The largest absolute Gasteiger partial charge is 0.496 e. The molecule has 1 heterocycles. The van der Waals surface area contributed by atoms with Crippen molar-refractivity contribution < 1.29 is 9.13 Å². The number of aromatic nitrogens is 1. The highest BCUT2D eigenvalue weighted by molar-refractivity contribution is 7.99. The molecule has 2 aromatic carbocycles. The van der Waals surface area contributed by atoms with E-state index in [-0.39, 0.29) is 5.82 Å². The van der Waals surface area contributed by atoms with Gasteiger partial charge in [0.2, 0.25) is 0 Å². The lowest BCUT2D eigenvalue weighted by atomic mass is 10.1. The molecule has 0 spiro atoms. The van der Waals surface area contributed by atoms with E-state index in [0.717, 1.165) is 32.0 Å². The Labute approximate surface area is 132 Å². The summed E-state index contributed by atoms with van der Waals surface area (Å²) < 4.78 is 18.9. The first kappa shape index (κ1) is 14.9. The summed E-state index contributed by atoms with van der Waals surface area (Å²) in [5.41, 5.74) is 7.58. The second kappa shape index (κ2) is 6.42. The van der Waals surface area contributed by atoms with Gasteiger partial charge in [0.05, 0.1) is 18.0 Å². The van der Waals surface area contributed by atoms with Gasteiger partial charge in [-0.15, -0.1) is 0 Å². The standard InChI is InChI=1S/C17H17FN2OS/c1-21-14-4-2-3-13-17(14)16(10-20-13)22-15-6-5-12(18)9-11(15)7-8-19/h2-6,9-10,20H,7-8,19H2,1H3. The van der Waals surface area contributed by atoms with Gasteiger partial charge in [-0.2, -0.15) is 0 Å². The molecule has 0 amide bonds. The number of aromatic amines is 1. The molecular formula is C17H17FN2OS. The van der Waals surface area contributed by atoms with E-state index in [1.165, 1.54) is 6.07 Å². The van der Waals surface area contributed by atoms with Gasteiger partial charge in [0.1, 0.15) is 11.6 Å². The number of nitrogens with one attached hydrogen (secondary N) is 1. The SMILES string of the molecule is COc1cccc2[nH]cc(Sc3ccc(F)cc3CCN)c12. The number of nitrogens with two attached hydrogens (primary N) is 1. The molecule has 0 aliphatic carbocycles. The fourth-order valence-electron chi connectivity index (χ4n) is 2.49. The van der Waals surface area contributed by atoms with E-state index in [2.05, 4.69) is 4.98 Å². The minimum Gasteiger partial charge on any atom is -0.496 e. The lowest BCUT2D eigenvalue weighted by molar-refractivity contribution is 0.419. The second-order valence-electron chi connectivity index (χ2n) is 4.93. The van der Waals surface area contributed by atoms with E-state index in [1.807, 2.05) is 24.4 Å². The predicted octanol–water partition coefficient (Wildman–Crippen LogP) is 3.97. The van der Waals surface area contributed by atoms with E-state index >= 15 is 0 Å². The summed E-state index contributed by atoms with van der Waals surface area (Å²) in [4.78, 5) is 5.31. The van der Waals surface area contributed by atoms with E-state index in [9.17, 15) is 4.39 Å². The number of hydrogen-bond donors (Lipinski definition) is 2. The molecule has 3 rings (SSSR count). The van der Waals surface area contributed by atoms with Crippen LogP contribution in [0.5, 0.6) is 5.75 Å². The van der Waals surface area contributed by atoms with Gasteiger partial charge in [-0.25, -0.2) is 4.39 Å². The molecule has 0 unspecified atom stereocenters. The third-order valence-corrected chi connectivity index (χ3v) is 4.67. The van der Waals surface area contributed by atoms with Gasteiger partial charge in [-0.3, -0.25) is 0 Å². The number of hydrogen-bond acceptors (Lipinski definition) is 3. The molecule has 114 valence electrons. The molecule has 0 atom stereocenters. The summed E-state index contributed by atoms with van der Waals surface area (Å²) in [6.45, 7) is 0.494. The maximum Gasteiger partial charge on any atom is 0.129 e. The zero-order chi connectivity index (χ0) is 15.5. The zero-order valence-electron chi connectivity index (χ0n) is 12.2. The topological polar surface area (TPSA) is 51.0 Å². The van der Waals surface area contributed by atoms with Crippen LogP contribution in [0.4, 0.5) is 4.39 Å². The Morgan fingerprint density at radius 2 is 2.09 bits per heavy atom. The highest BCUT2D eigenvalue weighted by Gasteiger charge is 2.12. The van der Waals surface area contributed by atoms with Gasteiger partial charge >= 0.3 is 0 Å². The normalized spacial score (nSPS) is 11.0. The number of rotatable bonds is 5. The fourth-order valence-corrected chi connectivity index (χ4v) is 3.58. The van der Waals surface area contributed by atoms with E-state index in [4.69, 9.17) is 10.5 Å². The van der Waals surface area contributed by atoms with Crippen LogP contribution in [0.1, 0.15) is 5.56 Å². The molecule has 3 nitrogen and oxygen atoms in total. The predicted molar refractivity (Wildman–Crippen MR) is 88.1 cm³/mol. The van der Waals surface area contributed by atoms with Crippen LogP contribution in [-0.4, -0.2) is 18.6 Å². The fraction of sp³-hybridized carbons (Fsp3) is 0.176. The Bertz CT molecular complexity index is 800. The Kier molecular flexibility index (Phi) is 4.36. The van der Waals surface area contributed by atoms with Crippen LogP contribution >= 0.6 is 11.8 Å². The molecule has 0 aliphatic heterocycles. The van der Waals surface area contributed by atoms with Gasteiger partial charge in [0, 0.05) is 16.0 Å². The molecule has 0 saturated carbocycles. The smallest absolute Gasteiger partial charge is 0.129 e. The van der Waals surface area contributed by atoms with Crippen LogP contribution in [0.3, 0.4) is 0 Å². The zero-order valence-corrected chi connectivity index (χ0v) is 13.0. The average molecular weight is 316 g/mol. The van der Waals surface area contributed by atoms with Crippen molar-refractivity contribution in [1.82, 2.24) is 4.98 Å². The van der Waals surface area contributed by atoms with E-state index in [1.54, 1.807) is 31.0 Å². The Morgan fingerprint density at radius 3 is 2.86 bits per heavy atom. The lowest BCUT2D eigenvalue weighted by Gasteiger charge is -2.09. The number of fused-ring (bicyclic) bond motifs is 1. The van der Waals surface area contributed by atoms with Crippen LogP contribution in [0.2, 0.25) is 0 Å². The van der Waals surface area contributed by atoms with Crippen molar-refractivity contribution in [1.29, 1.82) is 0 Å². The molecule has 0 radical (unpaired) electrons. The van der Waals surface area contributed by atoms with Gasteiger partial charge in [0.25, 0.3) is 0 Å². The monoisotopic (exact) mass is 316 g/mol. The minimum absolute atomic E-state index is 0.232. The molecule has 5 heteroatoms. The number of benzene rings is 2. The Balaban J connectivity index is 2.04. The van der Waals surface area contributed by atoms with Crippen molar-refractivity contribution in [2.45, 2.75) is 16.2 Å². The Hall–Kier alpha value is -1.98. The third-order valence-electron chi connectivity index (χ3n) is 3.51. The summed E-state index contributed by atoms with van der Waals surface area (Å²) in [5.74, 6) is 0.591. The summed E-state index contributed by atoms with van der Waals surface area (Å²) in [5, 5.41) is 1.04. The number of ether oxygens (including phenoxy) is 1.